The quantitative estimate of drug-likeness (QED) is 0.687. The molecule has 4 rings (SSSR count). The molecule has 1 saturated heterocycles. The summed E-state index contributed by atoms with van der Waals surface area (Å²) in [6.45, 7) is 5.17. The van der Waals surface area contributed by atoms with Gasteiger partial charge in [0.2, 0.25) is 5.91 Å². The fourth-order valence-electron chi connectivity index (χ4n) is 3.63. The third kappa shape index (κ3) is 3.91. The van der Waals surface area contributed by atoms with Crippen molar-refractivity contribution >= 4 is 34.1 Å². The van der Waals surface area contributed by atoms with Gasteiger partial charge in [-0.3, -0.25) is 9.78 Å². The highest BCUT2D eigenvalue weighted by Gasteiger charge is 2.22. The van der Waals surface area contributed by atoms with E-state index in [0.717, 1.165) is 43.0 Å². The Kier molecular flexibility index (Phi) is 4.99. The van der Waals surface area contributed by atoms with Crippen LogP contribution in [0.3, 0.4) is 0 Å². The first kappa shape index (κ1) is 17.8. The van der Waals surface area contributed by atoms with Crippen LogP contribution in [-0.2, 0) is 11.2 Å². The predicted octanol–water partition coefficient (Wildman–Crippen LogP) is 4.09. The first-order valence-corrected chi connectivity index (χ1v) is 9.61. The molecular weight excluding hydrogens is 358 g/mol. The predicted molar refractivity (Wildman–Crippen MR) is 110 cm³/mol. The summed E-state index contributed by atoms with van der Waals surface area (Å²) in [5.41, 5.74) is 4.25. The smallest absolute Gasteiger partial charge is 0.227 e. The Morgan fingerprint density at radius 1 is 1.04 bits per heavy atom. The Labute approximate surface area is 164 Å². The molecule has 5 heteroatoms. The number of benzene rings is 2. The van der Waals surface area contributed by atoms with Gasteiger partial charge in [-0.2, -0.15) is 0 Å². The molecule has 1 aromatic heterocycles. The van der Waals surface area contributed by atoms with Crippen molar-refractivity contribution in [3.63, 3.8) is 0 Å². The molecule has 2 aromatic carbocycles. The van der Waals surface area contributed by atoms with Gasteiger partial charge in [0.15, 0.2) is 0 Å². The molecular formula is C22H22ClN3O. The molecule has 4 nitrogen and oxygen atoms in total. The minimum atomic E-state index is 0.174. The van der Waals surface area contributed by atoms with Crippen LogP contribution in [0.5, 0.6) is 0 Å². The number of halogens is 1. The second-order valence-corrected chi connectivity index (χ2v) is 7.41. The highest BCUT2D eigenvalue weighted by Crippen LogP contribution is 2.27. The summed E-state index contributed by atoms with van der Waals surface area (Å²) in [6, 6.07) is 17.9. The highest BCUT2D eigenvalue weighted by molar-refractivity contribution is 6.30. The van der Waals surface area contributed by atoms with Crippen molar-refractivity contribution in [2.45, 2.75) is 13.3 Å². The van der Waals surface area contributed by atoms with Crippen LogP contribution in [0.25, 0.3) is 10.9 Å². The van der Waals surface area contributed by atoms with Gasteiger partial charge in [-0.15, -0.1) is 0 Å². The molecule has 1 fully saturated rings. The number of fused-ring (bicyclic) bond motifs is 1. The van der Waals surface area contributed by atoms with Crippen LogP contribution < -0.4 is 4.90 Å². The van der Waals surface area contributed by atoms with E-state index in [9.17, 15) is 4.79 Å². The number of anilines is 1. The van der Waals surface area contributed by atoms with E-state index in [-0.39, 0.29) is 5.91 Å². The van der Waals surface area contributed by atoms with Gasteiger partial charge in [0.1, 0.15) is 0 Å². The maximum absolute atomic E-state index is 12.6. The van der Waals surface area contributed by atoms with E-state index in [2.05, 4.69) is 34.1 Å². The second kappa shape index (κ2) is 7.57. The van der Waals surface area contributed by atoms with E-state index in [0.29, 0.717) is 11.4 Å². The van der Waals surface area contributed by atoms with Crippen LogP contribution in [0.15, 0.2) is 54.6 Å². The lowest BCUT2D eigenvalue weighted by atomic mass is 10.1. The molecule has 0 radical (unpaired) electrons. The van der Waals surface area contributed by atoms with E-state index < -0.39 is 0 Å². The molecule has 3 aromatic rings. The van der Waals surface area contributed by atoms with Gasteiger partial charge in [0.25, 0.3) is 0 Å². The molecule has 27 heavy (non-hydrogen) atoms. The topological polar surface area (TPSA) is 36.4 Å². The van der Waals surface area contributed by atoms with Crippen LogP contribution in [0.4, 0.5) is 5.69 Å². The van der Waals surface area contributed by atoms with Crippen LogP contribution in [0.1, 0.15) is 11.3 Å². The van der Waals surface area contributed by atoms with Gasteiger partial charge in [-0.1, -0.05) is 41.9 Å². The number of carbonyl (C=O) groups is 1. The third-order valence-electron chi connectivity index (χ3n) is 5.06. The van der Waals surface area contributed by atoms with Crippen molar-refractivity contribution in [1.82, 2.24) is 9.88 Å². The number of hydrogen-bond donors (Lipinski definition) is 0. The van der Waals surface area contributed by atoms with E-state index in [1.165, 1.54) is 11.1 Å². The highest BCUT2D eigenvalue weighted by atomic mass is 35.5. The molecule has 2 heterocycles. The summed E-state index contributed by atoms with van der Waals surface area (Å²) in [6.07, 6.45) is 0.425. The molecule has 0 unspecified atom stereocenters. The molecule has 0 N–H and O–H groups in total. The Bertz CT molecular complexity index is 963. The zero-order valence-corrected chi connectivity index (χ0v) is 16.1. The van der Waals surface area contributed by atoms with E-state index in [4.69, 9.17) is 11.6 Å². The number of para-hydroxylation sites is 1. The molecule has 1 aliphatic heterocycles. The molecule has 0 spiro atoms. The van der Waals surface area contributed by atoms with Crippen molar-refractivity contribution in [1.29, 1.82) is 0 Å². The zero-order chi connectivity index (χ0) is 18.8. The molecule has 138 valence electrons. The number of aromatic nitrogens is 1. The molecule has 1 amide bonds. The van der Waals surface area contributed by atoms with Gasteiger partial charge in [-0.05, 0) is 36.8 Å². The second-order valence-electron chi connectivity index (χ2n) is 6.97. The first-order chi connectivity index (χ1) is 13.1. The lowest BCUT2D eigenvalue weighted by Crippen LogP contribution is -2.49. The maximum atomic E-state index is 12.6. The Hall–Kier alpha value is -2.59. The number of nitrogens with zero attached hydrogens (tertiary/aromatic N) is 3. The van der Waals surface area contributed by atoms with Crippen molar-refractivity contribution in [2.24, 2.45) is 0 Å². The first-order valence-electron chi connectivity index (χ1n) is 9.24. The average molecular weight is 380 g/mol. The normalized spacial score (nSPS) is 14.6. The van der Waals surface area contributed by atoms with Crippen molar-refractivity contribution < 1.29 is 4.79 Å². The van der Waals surface area contributed by atoms with Crippen molar-refractivity contribution in [3.8, 4) is 0 Å². The van der Waals surface area contributed by atoms with Gasteiger partial charge in [0, 0.05) is 48.0 Å². The lowest BCUT2D eigenvalue weighted by Gasteiger charge is -2.36. The summed E-state index contributed by atoms with van der Waals surface area (Å²) >= 11 is 5.92. The van der Waals surface area contributed by atoms with E-state index in [1.807, 2.05) is 42.2 Å². The number of carbonyl (C=O) groups excluding carboxylic acids is 1. The number of rotatable bonds is 3. The lowest BCUT2D eigenvalue weighted by molar-refractivity contribution is -0.130. The summed E-state index contributed by atoms with van der Waals surface area (Å²) in [5.74, 6) is 0.174. The number of piperazine rings is 1. The minimum absolute atomic E-state index is 0.174. The molecule has 0 aliphatic carbocycles. The Morgan fingerprint density at radius 2 is 1.74 bits per heavy atom. The Morgan fingerprint density at radius 3 is 2.48 bits per heavy atom. The van der Waals surface area contributed by atoms with Gasteiger partial charge in [-0.25, -0.2) is 0 Å². The number of aryl methyl sites for hydroxylation is 1. The molecule has 0 bridgehead atoms. The summed E-state index contributed by atoms with van der Waals surface area (Å²) < 4.78 is 0. The molecule has 0 saturated carbocycles. The van der Waals surface area contributed by atoms with Crippen molar-refractivity contribution in [3.05, 3.63) is 70.9 Å². The average Bonchev–Trinajstić information content (AvgIpc) is 2.69. The van der Waals surface area contributed by atoms with Gasteiger partial charge >= 0.3 is 0 Å². The monoisotopic (exact) mass is 379 g/mol. The van der Waals surface area contributed by atoms with Crippen LogP contribution >= 0.6 is 11.6 Å². The summed E-state index contributed by atoms with van der Waals surface area (Å²) in [4.78, 5) is 21.6. The number of pyridine rings is 1. The molecule has 1 aliphatic rings. The standard InChI is InChI=1S/C22H22ClN3O/c1-16-14-21(19-4-2-3-5-20(19)24-16)25-10-12-26(13-11-25)22(27)15-17-6-8-18(23)9-7-17/h2-9,14H,10-13,15H2,1H3. The number of amides is 1. The maximum Gasteiger partial charge on any atom is 0.227 e. The van der Waals surface area contributed by atoms with E-state index in [1.54, 1.807) is 0 Å². The minimum Gasteiger partial charge on any atom is -0.367 e. The van der Waals surface area contributed by atoms with Crippen LogP contribution in [-0.4, -0.2) is 42.0 Å². The largest absolute Gasteiger partial charge is 0.367 e. The summed E-state index contributed by atoms with van der Waals surface area (Å²) in [5, 5.41) is 1.86. The van der Waals surface area contributed by atoms with Crippen LogP contribution in [0, 0.1) is 6.92 Å². The van der Waals surface area contributed by atoms with Crippen molar-refractivity contribution in [2.75, 3.05) is 31.1 Å². The summed E-state index contributed by atoms with van der Waals surface area (Å²) in [7, 11) is 0. The number of hydrogen-bond acceptors (Lipinski definition) is 3. The fourth-order valence-corrected chi connectivity index (χ4v) is 3.76. The fraction of sp³-hybridized carbons (Fsp3) is 0.273. The third-order valence-corrected chi connectivity index (χ3v) is 5.32. The SMILES string of the molecule is Cc1cc(N2CCN(C(=O)Cc3ccc(Cl)cc3)CC2)c2ccccc2n1. The van der Waals surface area contributed by atoms with Crippen LogP contribution in [0.2, 0.25) is 5.02 Å². The van der Waals surface area contributed by atoms with Gasteiger partial charge < -0.3 is 9.80 Å². The molecule has 0 atom stereocenters. The van der Waals surface area contributed by atoms with Gasteiger partial charge in [0.05, 0.1) is 11.9 Å². The Balaban J connectivity index is 1.45. The zero-order valence-electron chi connectivity index (χ0n) is 15.4. The van der Waals surface area contributed by atoms with E-state index >= 15 is 0 Å².